The Kier molecular flexibility index (Phi) is 5.01. The summed E-state index contributed by atoms with van der Waals surface area (Å²) in [5.74, 6) is 0.886. The third-order valence-corrected chi connectivity index (χ3v) is 3.68. The smallest absolute Gasteiger partial charge is 0.142 e. The van der Waals surface area contributed by atoms with Crippen molar-refractivity contribution in [3.05, 3.63) is 24.3 Å². The summed E-state index contributed by atoms with van der Waals surface area (Å²) in [6.07, 6.45) is 0. The maximum atomic E-state index is 9.21. The average molecular weight is 266 g/mol. The average Bonchev–Trinajstić information content (AvgIpc) is 2.49. The predicted octanol–water partition coefficient (Wildman–Crippen LogP) is 0.170. The van der Waals surface area contributed by atoms with Crippen LogP contribution in [0, 0.1) is 0 Å². The minimum atomic E-state index is -0.139. The van der Waals surface area contributed by atoms with Crippen LogP contribution in [0.3, 0.4) is 0 Å². The van der Waals surface area contributed by atoms with Crippen LogP contribution in [0.4, 0.5) is 5.69 Å². The molecular formula is C14H22N2O3. The van der Waals surface area contributed by atoms with E-state index in [-0.39, 0.29) is 19.3 Å². The van der Waals surface area contributed by atoms with Crippen LogP contribution in [0.15, 0.2) is 24.3 Å². The molecule has 0 amide bonds. The Morgan fingerprint density at radius 1 is 1.11 bits per heavy atom. The maximum absolute atomic E-state index is 9.21. The Morgan fingerprint density at radius 2 is 1.74 bits per heavy atom. The number of methoxy groups -OCH3 is 1. The summed E-state index contributed by atoms with van der Waals surface area (Å²) in [4.78, 5) is 4.41. The third kappa shape index (κ3) is 3.18. The van der Waals surface area contributed by atoms with Crippen molar-refractivity contribution >= 4 is 5.69 Å². The summed E-state index contributed by atoms with van der Waals surface area (Å²) in [6.45, 7) is 3.43. The van der Waals surface area contributed by atoms with Crippen LogP contribution < -0.4 is 9.64 Å². The van der Waals surface area contributed by atoms with Crippen molar-refractivity contribution in [1.29, 1.82) is 0 Å². The Bertz CT molecular complexity index is 388. The fourth-order valence-electron chi connectivity index (χ4n) is 2.51. The number of anilines is 1. The van der Waals surface area contributed by atoms with E-state index in [2.05, 4.69) is 15.9 Å². The van der Waals surface area contributed by atoms with Crippen LogP contribution in [0.25, 0.3) is 0 Å². The molecule has 0 spiro atoms. The fraction of sp³-hybridized carbons (Fsp3) is 0.571. The van der Waals surface area contributed by atoms with E-state index in [1.54, 1.807) is 7.11 Å². The molecule has 19 heavy (non-hydrogen) atoms. The largest absolute Gasteiger partial charge is 0.495 e. The van der Waals surface area contributed by atoms with Gasteiger partial charge in [-0.05, 0) is 12.1 Å². The van der Waals surface area contributed by atoms with Gasteiger partial charge in [-0.1, -0.05) is 12.1 Å². The normalized spacial score (nSPS) is 16.9. The molecule has 0 unspecified atom stereocenters. The lowest BCUT2D eigenvalue weighted by atomic mass is 10.2. The molecule has 0 atom stereocenters. The lowest BCUT2D eigenvalue weighted by Gasteiger charge is -2.39. The molecular weight excluding hydrogens is 244 g/mol. The van der Waals surface area contributed by atoms with Gasteiger partial charge in [-0.25, -0.2) is 0 Å². The van der Waals surface area contributed by atoms with Crippen LogP contribution >= 0.6 is 0 Å². The second-order valence-electron chi connectivity index (χ2n) is 4.71. The minimum Gasteiger partial charge on any atom is -0.495 e. The molecule has 1 saturated heterocycles. The van der Waals surface area contributed by atoms with E-state index in [1.165, 1.54) is 0 Å². The SMILES string of the molecule is COc1ccccc1N1CCN(C(CO)CO)CC1. The molecule has 1 aromatic carbocycles. The van der Waals surface area contributed by atoms with E-state index in [0.717, 1.165) is 37.6 Å². The monoisotopic (exact) mass is 266 g/mol. The van der Waals surface area contributed by atoms with Crippen molar-refractivity contribution in [3.63, 3.8) is 0 Å². The lowest BCUT2D eigenvalue weighted by molar-refractivity contribution is 0.0700. The van der Waals surface area contributed by atoms with Gasteiger partial charge in [-0.15, -0.1) is 0 Å². The Balaban J connectivity index is 1.99. The number of hydrogen-bond donors (Lipinski definition) is 2. The fourth-order valence-corrected chi connectivity index (χ4v) is 2.51. The zero-order valence-corrected chi connectivity index (χ0v) is 11.3. The highest BCUT2D eigenvalue weighted by Gasteiger charge is 2.24. The first-order valence-corrected chi connectivity index (χ1v) is 6.64. The number of aliphatic hydroxyl groups excluding tert-OH is 2. The molecule has 1 aromatic rings. The summed E-state index contributed by atoms with van der Waals surface area (Å²) in [6, 6.07) is 7.86. The van der Waals surface area contributed by atoms with E-state index in [1.807, 2.05) is 18.2 Å². The number of rotatable bonds is 5. The van der Waals surface area contributed by atoms with E-state index in [4.69, 9.17) is 4.74 Å². The number of piperazine rings is 1. The molecule has 1 aliphatic rings. The van der Waals surface area contributed by atoms with Crippen LogP contribution in [-0.4, -0.2) is 67.7 Å². The molecule has 0 bridgehead atoms. The first-order valence-electron chi connectivity index (χ1n) is 6.64. The highest BCUT2D eigenvalue weighted by molar-refractivity contribution is 5.58. The minimum absolute atomic E-state index is 0.00512. The number of para-hydroxylation sites is 2. The van der Waals surface area contributed by atoms with Crippen LogP contribution in [0.1, 0.15) is 0 Å². The third-order valence-electron chi connectivity index (χ3n) is 3.68. The van der Waals surface area contributed by atoms with Gasteiger partial charge in [-0.2, -0.15) is 0 Å². The van der Waals surface area contributed by atoms with Crippen molar-refractivity contribution in [2.75, 3.05) is 51.4 Å². The van der Waals surface area contributed by atoms with Crippen molar-refractivity contribution < 1.29 is 14.9 Å². The molecule has 0 aliphatic carbocycles. The molecule has 5 heteroatoms. The van der Waals surface area contributed by atoms with E-state index >= 15 is 0 Å². The summed E-state index contributed by atoms with van der Waals surface area (Å²) < 4.78 is 5.38. The molecule has 0 radical (unpaired) electrons. The van der Waals surface area contributed by atoms with Gasteiger partial charge in [0.15, 0.2) is 0 Å². The van der Waals surface area contributed by atoms with Crippen LogP contribution in [-0.2, 0) is 0 Å². The second-order valence-corrected chi connectivity index (χ2v) is 4.71. The molecule has 2 N–H and O–H groups in total. The topological polar surface area (TPSA) is 56.2 Å². The van der Waals surface area contributed by atoms with Crippen molar-refractivity contribution in [2.45, 2.75) is 6.04 Å². The Labute approximate surface area is 114 Å². The highest BCUT2D eigenvalue weighted by atomic mass is 16.5. The van der Waals surface area contributed by atoms with Gasteiger partial charge >= 0.3 is 0 Å². The number of nitrogens with zero attached hydrogens (tertiary/aromatic N) is 2. The van der Waals surface area contributed by atoms with Crippen molar-refractivity contribution in [2.24, 2.45) is 0 Å². The molecule has 0 aromatic heterocycles. The quantitative estimate of drug-likeness (QED) is 0.796. The Hall–Kier alpha value is -1.30. The first kappa shape index (κ1) is 14.1. The van der Waals surface area contributed by atoms with Gasteiger partial charge in [0.25, 0.3) is 0 Å². The molecule has 1 fully saturated rings. The summed E-state index contributed by atoms with van der Waals surface area (Å²) in [5, 5.41) is 18.4. The lowest BCUT2D eigenvalue weighted by Crippen LogP contribution is -2.52. The van der Waals surface area contributed by atoms with E-state index in [0.29, 0.717) is 0 Å². The summed E-state index contributed by atoms with van der Waals surface area (Å²) in [7, 11) is 1.68. The zero-order valence-electron chi connectivity index (χ0n) is 11.3. The van der Waals surface area contributed by atoms with Gasteiger partial charge in [0.05, 0.1) is 32.1 Å². The van der Waals surface area contributed by atoms with Crippen molar-refractivity contribution in [3.8, 4) is 5.75 Å². The predicted molar refractivity (Wildman–Crippen MR) is 74.7 cm³/mol. The first-order chi connectivity index (χ1) is 9.30. The number of hydrogen-bond acceptors (Lipinski definition) is 5. The molecule has 5 nitrogen and oxygen atoms in total. The highest BCUT2D eigenvalue weighted by Crippen LogP contribution is 2.28. The van der Waals surface area contributed by atoms with Crippen molar-refractivity contribution in [1.82, 2.24) is 4.90 Å². The Morgan fingerprint density at radius 3 is 2.32 bits per heavy atom. The molecule has 1 aliphatic heterocycles. The van der Waals surface area contributed by atoms with Gasteiger partial charge in [0.2, 0.25) is 0 Å². The molecule has 1 heterocycles. The summed E-state index contributed by atoms with van der Waals surface area (Å²) in [5.41, 5.74) is 1.11. The van der Waals surface area contributed by atoms with Gasteiger partial charge in [-0.3, -0.25) is 4.90 Å². The summed E-state index contributed by atoms with van der Waals surface area (Å²) >= 11 is 0. The standard InChI is InChI=1S/C14H22N2O3/c1-19-14-5-3-2-4-13(14)16-8-6-15(7-9-16)12(10-17)11-18/h2-5,12,17-18H,6-11H2,1H3. The maximum Gasteiger partial charge on any atom is 0.142 e. The second kappa shape index (κ2) is 6.75. The zero-order chi connectivity index (χ0) is 13.7. The van der Waals surface area contributed by atoms with Gasteiger partial charge in [0.1, 0.15) is 5.75 Å². The molecule has 106 valence electrons. The van der Waals surface area contributed by atoms with E-state index in [9.17, 15) is 10.2 Å². The number of ether oxygens (including phenoxy) is 1. The van der Waals surface area contributed by atoms with Crippen LogP contribution in [0.5, 0.6) is 5.75 Å². The molecule has 0 saturated carbocycles. The van der Waals surface area contributed by atoms with Gasteiger partial charge in [0, 0.05) is 26.2 Å². The van der Waals surface area contributed by atoms with Crippen LogP contribution in [0.2, 0.25) is 0 Å². The molecule has 2 rings (SSSR count). The van der Waals surface area contributed by atoms with E-state index < -0.39 is 0 Å². The van der Waals surface area contributed by atoms with Gasteiger partial charge < -0.3 is 19.8 Å². The number of aliphatic hydroxyl groups is 2. The number of benzene rings is 1.